The molecule has 0 saturated carbocycles. The fourth-order valence-electron chi connectivity index (χ4n) is 3.52. The molecule has 2 heterocycles. The molecule has 1 unspecified atom stereocenters. The first-order valence-corrected chi connectivity index (χ1v) is 11.2. The Balaban J connectivity index is 2.00. The van der Waals surface area contributed by atoms with Crippen LogP contribution >= 0.6 is 34.5 Å². The van der Waals surface area contributed by atoms with E-state index in [1.165, 1.54) is 15.9 Å². The minimum Gasteiger partial charge on any atom is -0.463 e. The third-order valence-corrected chi connectivity index (χ3v) is 6.58. The molecule has 0 aliphatic carbocycles. The first kappa shape index (κ1) is 21.6. The van der Waals surface area contributed by atoms with Crippen molar-refractivity contribution >= 4 is 46.6 Å². The van der Waals surface area contributed by atoms with Crippen LogP contribution in [0.1, 0.15) is 31.0 Å². The van der Waals surface area contributed by atoms with E-state index >= 15 is 0 Å². The van der Waals surface area contributed by atoms with Crippen molar-refractivity contribution in [3.63, 3.8) is 0 Å². The van der Waals surface area contributed by atoms with E-state index in [-0.39, 0.29) is 12.2 Å². The lowest BCUT2D eigenvalue weighted by Gasteiger charge is -2.25. The Morgan fingerprint density at radius 1 is 1.16 bits per heavy atom. The maximum atomic E-state index is 13.5. The lowest BCUT2D eigenvalue weighted by atomic mass is 9.96. The van der Waals surface area contributed by atoms with Crippen molar-refractivity contribution < 1.29 is 9.53 Å². The zero-order chi connectivity index (χ0) is 22.1. The van der Waals surface area contributed by atoms with Gasteiger partial charge in [0.2, 0.25) is 0 Å². The van der Waals surface area contributed by atoms with E-state index in [0.717, 1.165) is 5.56 Å². The summed E-state index contributed by atoms with van der Waals surface area (Å²) in [5, 5.41) is 0.990. The number of esters is 1. The smallest absolute Gasteiger partial charge is 0.338 e. The molecule has 0 amide bonds. The van der Waals surface area contributed by atoms with Crippen LogP contribution in [0.3, 0.4) is 0 Å². The van der Waals surface area contributed by atoms with Gasteiger partial charge in [0.15, 0.2) is 4.80 Å². The van der Waals surface area contributed by atoms with Crippen LogP contribution in [0.2, 0.25) is 10.0 Å². The summed E-state index contributed by atoms with van der Waals surface area (Å²) in [6.45, 7) is 3.68. The zero-order valence-corrected chi connectivity index (χ0v) is 19.1. The maximum Gasteiger partial charge on any atom is 0.338 e. The summed E-state index contributed by atoms with van der Waals surface area (Å²) in [5.41, 5.74) is 1.88. The van der Waals surface area contributed by atoms with E-state index in [4.69, 9.17) is 27.9 Å². The molecule has 0 bridgehead atoms. The zero-order valence-electron chi connectivity index (χ0n) is 16.8. The Hall–Kier alpha value is -2.67. The first-order valence-electron chi connectivity index (χ1n) is 9.61. The lowest BCUT2D eigenvalue weighted by molar-refractivity contribution is -0.139. The largest absolute Gasteiger partial charge is 0.463 e. The van der Waals surface area contributed by atoms with E-state index < -0.39 is 12.0 Å². The second-order valence-electron chi connectivity index (χ2n) is 6.85. The van der Waals surface area contributed by atoms with Crippen LogP contribution in [-0.4, -0.2) is 17.1 Å². The van der Waals surface area contributed by atoms with Crippen LogP contribution in [-0.2, 0) is 9.53 Å². The van der Waals surface area contributed by atoms with E-state index in [2.05, 4.69) is 4.99 Å². The van der Waals surface area contributed by atoms with Crippen LogP contribution in [0.5, 0.6) is 0 Å². The summed E-state index contributed by atoms with van der Waals surface area (Å²) >= 11 is 14.0. The molecule has 0 radical (unpaired) electrons. The molecule has 2 aromatic carbocycles. The summed E-state index contributed by atoms with van der Waals surface area (Å²) in [6.07, 6.45) is 1.74. The van der Waals surface area contributed by atoms with Gasteiger partial charge >= 0.3 is 5.97 Å². The molecule has 1 atom stereocenters. The number of carbonyl (C=O) groups is 1. The second kappa shape index (κ2) is 8.83. The van der Waals surface area contributed by atoms with E-state index in [0.29, 0.717) is 36.2 Å². The number of ether oxygens (including phenoxy) is 1. The number of rotatable bonds is 4. The minimum atomic E-state index is -0.739. The Bertz CT molecular complexity index is 1390. The monoisotopic (exact) mass is 472 g/mol. The molecule has 0 N–H and O–H groups in total. The van der Waals surface area contributed by atoms with Gasteiger partial charge in [-0.05, 0) is 43.2 Å². The lowest BCUT2D eigenvalue weighted by Crippen LogP contribution is -2.40. The van der Waals surface area contributed by atoms with E-state index in [1.807, 2.05) is 24.3 Å². The standard InChI is InChI=1S/C23H18Cl2N2O3S/c1-3-30-22(29)19-13(2)26-23-27(20(19)15-9-5-7-11-17(15)25)21(28)18(31-23)12-14-8-4-6-10-16(14)24/h4-12,20H,3H2,1-2H3/b18-12+. The van der Waals surface area contributed by atoms with E-state index in [9.17, 15) is 9.59 Å². The molecule has 1 aliphatic rings. The highest BCUT2D eigenvalue weighted by Gasteiger charge is 2.34. The number of aromatic nitrogens is 1. The van der Waals surface area contributed by atoms with Gasteiger partial charge in [-0.25, -0.2) is 9.79 Å². The molecule has 0 spiro atoms. The van der Waals surface area contributed by atoms with Crippen molar-refractivity contribution in [2.45, 2.75) is 19.9 Å². The highest BCUT2D eigenvalue weighted by Crippen LogP contribution is 2.34. The van der Waals surface area contributed by atoms with Gasteiger partial charge in [-0.3, -0.25) is 9.36 Å². The number of thiazole rings is 1. The summed E-state index contributed by atoms with van der Waals surface area (Å²) in [7, 11) is 0. The minimum absolute atomic E-state index is 0.210. The Labute approximate surface area is 192 Å². The van der Waals surface area contributed by atoms with Gasteiger partial charge in [-0.2, -0.15) is 0 Å². The predicted molar refractivity (Wildman–Crippen MR) is 123 cm³/mol. The first-order chi connectivity index (χ1) is 14.9. The average molecular weight is 473 g/mol. The molecular weight excluding hydrogens is 455 g/mol. The highest BCUT2D eigenvalue weighted by molar-refractivity contribution is 7.07. The van der Waals surface area contributed by atoms with Crippen LogP contribution < -0.4 is 14.9 Å². The number of halogens is 2. The normalized spacial score (nSPS) is 16.1. The quantitative estimate of drug-likeness (QED) is 0.536. The number of carbonyl (C=O) groups excluding carboxylic acids is 1. The van der Waals surface area contributed by atoms with Crippen LogP contribution in [0.15, 0.2) is 69.6 Å². The molecule has 0 saturated heterocycles. The molecule has 158 valence electrons. The van der Waals surface area contributed by atoms with Crippen molar-refractivity contribution in [2.75, 3.05) is 6.61 Å². The molecule has 1 aliphatic heterocycles. The van der Waals surface area contributed by atoms with Gasteiger partial charge in [0.1, 0.15) is 6.04 Å². The van der Waals surface area contributed by atoms with Gasteiger partial charge in [-0.15, -0.1) is 0 Å². The van der Waals surface area contributed by atoms with Gasteiger partial charge in [0.05, 0.1) is 22.4 Å². The number of hydrogen-bond donors (Lipinski definition) is 0. The Kier molecular flexibility index (Phi) is 6.14. The molecule has 8 heteroatoms. The molecule has 4 rings (SSSR count). The third kappa shape index (κ3) is 3.99. The summed E-state index contributed by atoms with van der Waals surface area (Å²) in [6, 6.07) is 13.7. The number of allylic oxidation sites excluding steroid dienone is 1. The van der Waals surface area contributed by atoms with Crippen LogP contribution in [0.25, 0.3) is 6.08 Å². The molecule has 5 nitrogen and oxygen atoms in total. The predicted octanol–water partition coefficient (Wildman–Crippen LogP) is 4.11. The second-order valence-corrected chi connectivity index (χ2v) is 8.67. The topological polar surface area (TPSA) is 60.7 Å². The summed E-state index contributed by atoms with van der Waals surface area (Å²) in [5.74, 6) is -0.519. The fraction of sp³-hybridized carbons (Fsp3) is 0.174. The summed E-state index contributed by atoms with van der Waals surface area (Å²) in [4.78, 5) is 31.4. The number of benzene rings is 2. The van der Waals surface area contributed by atoms with Gasteiger partial charge < -0.3 is 4.74 Å². The van der Waals surface area contributed by atoms with Gasteiger partial charge in [0.25, 0.3) is 5.56 Å². The Morgan fingerprint density at radius 2 is 1.84 bits per heavy atom. The molecule has 0 fully saturated rings. The molecule has 31 heavy (non-hydrogen) atoms. The van der Waals surface area contributed by atoms with Crippen LogP contribution in [0, 0.1) is 0 Å². The van der Waals surface area contributed by atoms with Crippen molar-refractivity contribution in [3.8, 4) is 0 Å². The maximum absolute atomic E-state index is 13.5. The van der Waals surface area contributed by atoms with Crippen molar-refractivity contribution in [1.29, 1.82) is 0 Å². The molecule has 3 aromatic rings. The molecule has 1 aromatic heterocycles. The van der Waals surface area contributed by atoms with Crippen molar-refractivity contribution in [1.82, 2.24) is 4.57 Å². The average Bonchev–Trinajstić information content (AvgIpc) is 3.04. The Morgan fingerprint density at radius 3 is 2.52 bits per heavy atom. The molecular formula is C23H18Cl2N2O3S. The number of fused-ring (bicyclic) bond motifs is 1. The number of nitrogens with zero attached hydrogens (tertiary/aromatic N) is 2. The third-order valence-electron chi connectivity index (χ3n) is 4.91. The van der Waals surface area contributed by atoms with Crippen LogP contribution in [0.4, 0.5) is 0 Å². The van der Waals surface area contributed by atoms with Crippen molar-refractivity contribution in [3.05, 3.63) is 101 Å². The highest BCUT2D eigenvalue weighted by atomic mass is 35.5. The summed E-state index contributed by atoms with van der Waals surface area (Å²) < 4.78 is 7.25. The number of hydrogen-bond acceptors (Lipinski definition) is 5. The SMILES string of the molecule is CCOC(=O)C1=C(C)N=c2s/c(=C/c3ccccc3Cl)c(=O)n2C1c1ccccc1Cl. The van der Waals surface area contributed by atoms with Gasteiger partial charge in [0, 0.05) is 10.0 Å². The van der Waals surface area contributed by atoms with Crippen molar-refractivity contribution in [2.24, 2.45) is 4.99 Å². The fourth-order valence-corrected chi connectivity index (χ4v) is 4.98. The van der Waals surface area contributed by atoms with Gasteiger partial charge in [-0.1, -0.05) is 70.9 Å². The van der Waals surface area contributed by atoms with E-state index in [1.54, 1.807) is 44.2 Å².